The van der Waals surface area contributed by atoms with E-state index in [4.69, 9.17) is 4.74 Å². The summed E-state index contributed by atoms with van der Waals surface area (Å²) < 4.78 is 7.40. The van der Waals surface area contributed by atoms with Gasteiger partial charge in [-0.1, -0.05) is 6.08 Å². The predicted molar refractivity (Wildman–Crippen MR) is 105 cm³/mol. The minimum absolute atomic E-state index is 0.123. The number of allylic oxidation sites excluding steroid dienone is 1. The molecule has 1 aromatic carbocycles. The van der Waals surface area contributed by atoms with Crippen molar-refractivity contribution in [1.82, 2.24) is 14.9 Å². The van der Waals surface area contributed by atoms with Gasteiger partial charge in [0, 0.05) is 23.3 Å². The number of nitrogens with zero attached hydrogens (tertiary/aromatic N) is 3. The van der Waals surface area contributed by atoms with Crippen molar-refractivity contribution in [3.05, 3.63) is 72.7 Å². The Bertz CT molecular complexity index is 1020. The summed E-state index contributed by atoms with van der Waals surface area (Å²) in [4.78, 5) is 21.2. The van der Waals surface area contributed by atoms with Gasteiger partial charge in [0.1, 0.15) is 11.6 Å². The third-order valence-electron chi connectivity index (χ3n) is 4.41. The van der Waals surface area contributed by atoms with Crippen LogP contribution in [0.3, 0.4) is 0 Å². The van der Waals surface area contributed by atoms with Gasteiger partial charge in [-0.15, -0.1) is 0 Å². The smallest absolute Gasteiger partial charge is 0.251 e. The van der Waals surface area contributed by atoms with Crippen molar-refractivity contribution in [3.8, 4) is 5.75 Å². The fourth-order valence-corrected chi connectivity index (χ4v) is 3.05. The van der Waals surface area contributed by atoms with E-state index in [1.807, 2.05) is 48.2 Å². The lowest BCUT2D eigenvalue weighted by molar-refractivity contribution is 0.0945. The molecule has 3 heterocycles. The molecule has 6 heteroatoms. The Morgan fingerprint density at radius 2 is 2.11 bits per heavy atom. The second-order valence-electron chi connectivity index (χ2n) is 6.22. The summed E-state index contributed by atoms with van der Waals surface area (Å²) in [5.74, 6) is 1.47. The number of aliphatic imine (C=N–C) groups is 1. The largest absolute Gasteiger partial charge is 0.494 e. The summed E-state index contributed by atoms with van der Waals surface area (Å²) in [6, 6.07) is 11.0. The maximum atomic E-state index is 12.4. The van der Waals surface area contributed by atoms with Crippen LogP contribution in [0.2, 0.25) is 0 Å². The molecule has 1 amide bonds. The van der Waals surface area contributed by atoms with Crippen LogP contribution < -0.4 is 10.1 Å². The molecule has 1 aliphatic rings. The van der Waals surface area contributed by atoms with Gasteiger partial charge in [0.25, 0.3) is 5.91 Å². The van der Waals surface area contributed by atoms with Crippen LogP contribution in [0.15, 0.2) is 72.1 Å². The molecule has 4 rings (SSSR count). The van der Waals surface area contributed by atoms with Crippen molar-refractivity contribution in [2.75, 3.05) is 13.2 Å². The minimum Gasteiger partial charge on any atom is -0.494 e. The quantitative estimate of drug-likeness (QED) is 0.777. The van der Waals surface area contributed by atoms with Crippen molar-refractivity contribution >= 4 is 22.6 Å². The monoisotopic (exact) mass is 360 g/mol. The van der Waals surface area contributed by atoms with E-state index in [0.29, 0.717) is 18.7 Å². The normalized spacial score (nSPS) is 16.2. The molecule has 136 valence electrons. The van der Waals surface area contributed by atoms with Crippen LogP contribution in [-0.4, -0.2) is 40.5 Å². The number of nitrogens with one attached hydrogen (secondary N) is 1. The highest BCUT2D eigenvalue weighted by Gasteiger charge is 2.15. The molecule has 0 bridgehead atoms. The first-order chi connectivity index (χ1) is 13.2. The molecule has 1 N–H and O–H groups in total. The van der Waals surface area contributed by atoms with E-state index in [2.05, 4.69) is 15.3 Å². The van der Waals surface area contributed by atoms with E-state index < -0.39 is 0 Å². The summed E-state index contributed by atoms with van der Waals surface area (Å²) in [6.07, 6.45) is 9.48. The van der Waals surface area contributed by atoms with E-state index in [9.17, 15) is 4.79 Å². The molecule has 0 saturated carbocycles. The van der Waals surface area contributed by atoms with Gasteiger partial charge in [-0.25, -0.2) is 0 Å². The average molecular weight is 360 g/mol. The molecule has 0 aliphatic carbocycles. The van der Waals surface area contributed by atoms with Crippen molar-refractivity contribution < 1.29 is 9.53 Å². The Kier molecular flexibility index (Phi) is 4.70. The van der Waals surface area contributed by atoms with Crippen LogP contribution in [-0.2, 0) is 0 Å². The Labute approximate surface area is 157 Å². The minimum atomic E-state index is -0.132. The van der Waals surface area contributed by atoms with Gasteiger partial charge in [0.05, 0.1) is 30.9 Å². The summed E-state index contributed by atoms with van der Waals surface area (Å²) in [5, 5.41) is 4.11. The third-order valence-corrected chi connectivity index (χ3v) is 4.41. The maximum Gasteiger partial charge on any atom is 0.251 e. The van der Waals surface area contributed by atoms with E-state index in [1.54, 1.807) is 30.5 Å². The van der Waals surface area contributed by atoms with Gasteiger partial charge in [-0.3, -0.25) is 19.3 Å². The lowest BCUT2D eigenvalue weighted by Gasteiger charge is -2.18. The third kappa shape index (κ3) is 3.60. The second kappa shape index (κ2) is 7.45. The number of benzene rings is 1. The SMILES string of the molecule is CCOc1ccc(C(=O)NC2C=CC(n3ccc4ccncc43)=NC2)cc1. The molecule has 0 spiro atoms. The summed E-state index contributed by atoms with van der Waals surface area (Å²) in [6.45, 7) is 3.03. The van der Waals surface area contributed by atoms with Crippen molar-refractivity contribution in [3.63, 3.8) is 0 Å². The highest BCUT2D eigenvalue weighted by Crippen LogP contribution is 2.16. The molecule has 1 aliphatic heterocycles. The lowest BCUT2D eigenvalue weighted by atomic mass is 10.1. The number of fused-ring (bicyclic) bond motifs is 1. The van der Waals surface area contributed by atoms with Gasteiger partial charge >= 0.3 is 0 Å². The number of hydrogen-bond acceptors (Lipinski definition) is 4. The number of pyridine rings is 1. The summed E-state index contributed by atoms with van der Waals surface area (Å²) in [7, 11) is 0. The second-order valence-corrected chi connectivity index (χ2v) is 6.22. The first kappa shape index (κ1) is 17.0. The zero-order chi connectivity index (χ0) is 18.6. The molecule has 0 fully saturated rings. The van der Waals surface area contributed by atoms with Crippen LogP contribution >= 0.6 is 0 Å². The number of aromatic nitrogens is 2. The molecule has 3 aromatic rings. The Morgan fingerprint density at radius 3 is 2.85 bits per heavy atom. The first-order valence-electron chi connectivity index (χ1n) is 8.92. The van der Waals surface area contributed by atoms with Crippen LogP contribution in [0.1, 0.15) is 17.3 Å². The highest BCUT2D eigenvalue weighted by atomic mass is 16.5. The lowest BCUT2D eigenvalue weighted by Crippen LogP contribution is -2.37. The van der Waals surface area contributed by atoms with Crippen LogP contribution in [0.5, 0.6) is 5.75 Å². The number of dihydropyridines is 1. The summed E-state index contributed by atoms with van der Waals surface area (Å²) >= 11 is 0. The number of carbonyl (C=O) groups excluding carboxylic acids is 1. The molecule has 6 nitrogen and oxygen atoms in total. The molecule has 1 atom stereocenters. The molecular formula is C21H20N4O2. The van der Waals surface area contributed by atoms with E-state index in [1.165, 1.54) is 0 Å². The van der Waals surface area contributed by atoms with Crippen molar-refractivity contribution in [1.29, 1.82) is 0 Å². The van der Waals surface area contributed by atoms with Gasteiger partial charge in [0.2, 0.25) is 0 Å². The number of hydrogen-bond donors (Lipinski definition) is 1. The Morgan fingerprint density at radius 1 is 1.26 bits per heavy atom. The molecular weight excluding hydrogens is 340 g/mol. The standard InChI is InChI=1S/C21H20N4O2/c1-2-27-18-6-3-16(4-7-18)21(26)24-17-5-8-20(23-13-17)25-12-10-15-9-11-22-14-19(15)25/h3-12,14,17H,2,13H2,1H3,(H,24,26). The van der Waals surface area contributed by atoms with Gasteiger partial charge in [-0.2, -0.15) is 0 Å². The highest BCUT2D eigenvalue weighted by molar-refractivity contribution is 6.02. The zero-order valence-corrected chi connectivity index (χ0v) is 15.0. The van der Waals surface area contributed by atoms with Gasteiger partial charge < -0.3 is 10.1 Å². The fourth-order valence-electron chi connectivity index (χ4n) is 3.05. The van der Waals surface area contributed by atoms with Crippen LogP contribution in [0.25, 0.3) is 10.9 Å². The number of ether oxygens (including phenoxy) is 1. The van der Waals surface area contributed by atoms with Crippen molar-refractivity contribution in [2.24, 2.45) is 4.99 Å². The van der Waals surface area contributed by atoms with Crippen LogP contribution in [0.4, 0.5) is 0 Å². The number of carbonyl (C=O) groups is 1. The molecule has 27 heavy (non-hydrogen) atoms. The molecule has 2 aromatic heterocycles. The van der Waals surface area contributed by atoms with E-state index >= 15 is 0 Å². The van der Waals surface area contributed by atoms with E-state index in [0.717, 1.165) is 22.5 Å². The molecule has 0 saturated heterocycles. The predicted octanol–water partition coefficient (Wildman–Crippen LogP) is 3.05. The first-order valence-corrected chi connectivity index (χ1v) is 8.92. The molecule has 0 radical (unpaired) electrons. The fraction of sp³-hybridized carbons (Fsp3) is 0.190. The van der Waals surface area contributed by atoms with Gasteiger partial charge in [0.15, 0.2) is 0 Å². The number of rotatable bonds is 4. The van der Waals surface area contributed by atoms with Crippen molar-refractivity contribution in [2.45, 2.75) is 13.0 Å². The average Bonchev–Trinajstić information content (AvgIpc) is 3.13. The van der Waals surface area contributed by atoms with Gasteiger partial charge in [-0.05, 0) is 49.4 Å². The number of amides is 1. The van der Waals surface area contributed by atoms with Crippen LogP contribution in [0, 0.1) is 0 Å². The Balaban J connectivity index is 1.41. The van der Waals surface area contributed by atoms with E-state index in [-0.39, 0.29) is 11.9 Å². The zero-order valence-electron chi connectivity index (χ0n) is 15.0. The Hall–Kier alpha value is -3.41. The summed E-state index contributed by atoms with van der Waals surface area (Å²) in [5.41, 5.74) is 1.61. The topological polar surface area (TPSA) is 68.5 Å². The maximum absolute atomic E-state index is 12.4. The molecule has 1 unspecified atom stereocenters.